The van der Waals surface area contributed by atoms with Crippen molar-refractivity contribution in [2.45, 2.75) is 25.8 Å². The Kier molecular flexibility index (Phi) is 3.12. The fourth-order valence-electron chi connectivity index (χ4n) is 1.68. The van der Waals surface area contributed by atoms with E-state index in [1.54, 1.807) is 0 Å². The Bertz CT molecular complexity index is 464. The predicted molar refractivity (Wildman–Crippen MR) is 65.8 cm³/mol. The van der Waals surface area contributed by atoms with Crippen molar-refractivity contribution >= 4 is 26.9 Å². The molecule has 2 nitrogen and oxygen atoms in total. The Balaban J connectivity index is 2.43. The minimum atomic E-state index is 0.00861. The van der Waals surface area contributed by atoms with Gasteiger partial charge in [-0.3, -0.25) is 0 Å². The highest BCUT2D eigenvalue weighted by Gasteiger charge is 2.12. The molecular formula is C12H14BrNO. The number of fused-ring (bicyclic) bond motifs is 1. The molecule has 0 aliphatic rings. The molecule has 1 aromatic heterocycles. The summed E-state index contributed by atoms with van der Waals surface area (Å²) in [6.45, 7) is 2.12. The van der Waals surface area contributed by atoms with Gasteiger partial charge in [0.2, 0.25) is 0 Å². The lowest BCUT2D eigenvalue weighted by atomic mass is 10.1. The molecule has 1 atom stereocenters. The number of nitrogens with two attached hydrogens (primary N) is 1. The Hall–Kier alpha value is -0.800. The molecule has 2 aromatic rings. The van der Waals surface area contributed by atoms with E-state index in [1.807, 2.05) is 24.3 Å². The molecule has 0 unspecified atom stereocenters. The fraction of sp³-hybridized carbons (Fsp3) is 0.333. The van der Waals surface area contributed by atoms with Gasteiger partial charge in [-0.1, -0.05) is 25.5 Å². The molecule has 0 fully saturated rings. The van der Waals surface area contributed by atoms with E-state index >= 15 is 0 Å². The Morgan fingerprint density at radius 2 is 2.27 bits per heavy atom. The second-order valence-electron chi connectivity index (χ2n) is 3.70. The summed E-state index contributed by atoms with van der Waals surface area (Å²) >= 11 is 3.46. The highest BCUT2D eigenvalue weighted by Crippen LogP contribution is 2.30. The molecule has 2 N–H and O–H groups in total. The van der Waals surface area contributed by atoms with Crippen LogP contribution in [0.2, 0.25) is 0 Å². The minimum Gasteiger partial charge on any atom is -0.458 e. The molecule has 0 spiro atoms. The third-order valence-corrected chi connectivity index (χ3v) is 3.10. The summed E-state index contributed by atoms with van der Waals surface area (Å²) in [4.78, 5) is 0. The molecule has 1 aromatic carbocycles. The van der Waals surface area contributed by atoms with Crippen molar-refractivity contribution < 1.29 is 4.42 Å². The lowest BCUT2D eigenvalue weighted by Crippen LogP contribution is -2.08. The van der Waals surface area contributed by atoms with Crippen molar-refractivity contribution in [3.63, 3.8) is 0 Å². The number of furan rings is 1. The van der Waals surface area contributed by atoms with Crippen LogP contribution >= 0.6 is 15.9 Å². The molecule has 0 saturated carbocycles. The highest BCUT2D eigenvalue weighted by molar-refractivity contribution is 9.10. The van der Waals surface area contributed by atoms with Crippen molar-refractivity contribution in [1.29, 1.82) is 0 Å². The van der Waals surface area contributed by atoms with Crippen LogP contribution in [-0.2, 0) is 0 Å². The molecular weight excluding hydrogens is 254 g/mol. The van der Waals surface area contributed by atoms with Crippen molar-refractivity contribution in [3.05, 3.63) is 34.5 Å². The van der Waals surface area contributed by atoms with E-state index in [2.05, 4.69) is 22.9 Å². The Morgan fingerprint density at radius 1 is 1.47 bits per heavy atom. The highest BCUT2D eigenvalue weighted by atomic mass is 79.9. The van der Waals surface area contributed by atoms with Gasteiger partial charge in [0, 0.05) is 5.39 Å². The average molecular weight is 268 g/mol. The third-order valence-electron chi connectivity index (χ3n) is 2.48. The first-order valence-electron chi connectivity index (χ1n) is 5.16. The molecule has 0 bridgehead atoms. The van der Waals surface area contributed by atoms with E-state index in [0.29, 0.717) is 0 Å². The summed E-state index contributed by atoms with van der Waals surface area (Å²) in [6.07, 6.45) is 2.02. The molecule has 15 heavy (non-hydrogen) atoms. The van der Waals surface area contributed by atoms with Crippen LogP contribution in [0.5, 0.6) is 0 Å². The summed E-state index contributed by atoms with van der Waals surface area (Å²) in [7, 11) is 0. The number of benzene rings is 1. The molecule has 2 rings (SSSR count). The van der Waals surface area contributed by atoms with Crippen LogP contribution in [0.3, 0.4) is 0 Å². The summed E-state index contributed by atoms with van der Waals surface area (Å²) in [5.74, 6) is 0.874. The van der Waals surface area contributed by atoms with Gasteiger partial charge in [0.05, 0.1) is 10.5 Å². The summed E-state index contributed by atoms with van der Waals surface area (Å²) in [5.41, 5.74) is 6.90. The van der Waals surface area contributed by atoms with Crippen molar-refractivity contribution in [1.82, 2.24) is 0 Å². The van der Waals surface area contributed by atoms with Crippen molar-refractivity contribution in [3.8, 4) is 0 Å². The summed E-state index contributed by atoms with van der Waals surface area (Å²) < 4.78 is 6.72. The minimum absolute atomic E-state index is 0.00861. The van der Waals surface area contributed by atoms with Gasteiger partial charge in [-0.05, 0) is 34.5 Å². The van der Waals surface area contributed by atoms with Gasteiger partial charge in [-0.15, -0.1) is 0 Å². The van der Waals surface area contributed by atoms with Gasteiger partial charge < -0.3 is 10.2 Å². The molecule has 0 aliphatic carbocycles. The molecule has 80 valence electrons. The van der Waals surface area contributed by atoms with Gasteiger partial charge >= 0.3 is 0 Å². The fourth-order valence-corrected chi connectivity index (χ4v) is 2.15. The van der Waals surface area contributed by atoms with E-state index < -0.39 is 0 Å². The van der Waals surface area contributed by atoms with Crippen LogP contribution < -0.4 is 5.73 Å². The van der Waals surface area contributed by atoms with Crippen LogP contribution in [0.25, 0.3) is 11.0 Å². The van der Waals surface area contributed by atoms with Crippen LogP contribution in [0, 0.1) is 0 Å². The molecule has 0 radical (unpaired) electrons. The van der Waals surface area contributed by atoms with E-state index in [-0.39, 0.29) is 6.04 Å². The number of para-hydroxylation sites is 1. The standard InChI is InChI=1S/C12H14BrNO/c1-2-4-10(14)11-7-8-5-3-6-9(13)12(8)15-11/h3,5-7,10H,2,4,14H2,1H3/t10-/m1/s1. The smallest absolute Gasteiger partial charge is 0.148 e. The summed E-state index contributed by atoms with van der Waals surface area (Å²) in [6, 6.07) is 8.04. The first-order chi connectivity index (χ1) is 7.22. The second kappa shape index (κ2) is 4.37. The normalized spacial score (nSPS) is 13.3. The van der Waals surface area contributed by atoms with Gasteiger partial charge in [0.25, 0.3) is 0 Å². The quantitative estimate of drug-likeness (QED) is 0.913. The monoisotopic (exact) mass is 267 g/mol. The van der Waals surface area contributed by atoms with Gasteiger partial charge in [0.15, 0.2) is 0 Å². The topological polar surface area (TPSA) is 39.2 Å². The van der Waals surface area contributed by atoms with Gasteiger partial charge in [-0.25, -0.2) is 0 Å². The molecule has 0 aliphatic heterocycles. The maximum Gasteiger partial charge on any atom is 0.148 e. The van der Waals surface area contributed by atoms with Crippen LogP contribution in [0.4, 0.5) is 0 Å². The Morgan fingerprint density at radius 3 is 2.93 bits per heavy atom. The zero-order valence-corrected chi connectivity index (χ0v) is 10.3. The number of hydrogen-bond donors (Lipinski definition) is 1. The Labute approximate surface area is 97.6 Å². The number of halogens is 1. The molecule has 3 heteroatoms. The summed E-state index contributed by atoms with van der Waals surface area (Å²) in [5, 5.41) is 1.10. The lowest BCUT2D eigenvalue weighted by Gasteiger charge is -2.05. The number of rotatable bonds is 3. The largest absolute Gasteiger partial charge is 0.458 e. The van der Waals surface area contributed by atoms with E-state index in [1.165, 1.54) is 0 Å². The zero-order chi connectivity index (χ0) is 10.8. The first-order valence-corrected chi connectivity index (χ1v) is 5.95. The lowest BCUT2D eigenvalue weighted by molar-refractivity contribution is 0.474. The predicted octanol–water partition coefficient (Wildman–Crippen LogP) is 4.00. The van der Waals surface area contributed by atoms with Crippen LogP contribution in [0.15, 0.2) is 33.2 Å². The van der Waals surface area contributed by atoms with E-state index in [9.17, 15) is 0 Å². The SMILES string of the molecule is CCC[C@@H](N)c1cc2cccc(Br)c2o1. The number of hydrogen-bond acceptors (Lipinski definition) is 2. The van der Waals surface area contributed by atoms with Gasteiger partial charge in [0.1, 0.15) is 11.3 Å². The third kappa shape index (κ3) is 2.08. The zero-order valence-electron chi connectivity index (χ0n) is 8.66. The van der Waals surface area contributed by atoms with Crippen LogP contribution in [-0.4, -0.2) is 0 Å². The second-order valence-corrected chi connectivity index (χ2v) is 4.56. The van der Waals surface area contributed by atoms with Crippen LogP contribution in [0.1, 0.15) is 31.6 Å². The maximum atomic E-state index is 6.01. The van der Waals surface area contributed by atoms with E-state index in [4.69, 9.17) is 10.2 Å². The molecule has 0 saturated heterocycles. The van der Waals surface area contributed by atoms with Crippen molar-refractivity contribution in [2.75, 3.05) is 0 Å². The van der Waals surface area contributed by atoms with Gasteiger partial charge in [-0.2, -0.15) is 0 Å². The van der Waals surface area contributed by atoms with Crippen molar-refractivity contribution in [2.24, 2.45) is 5.73 Å². The van der Waals surface area contributed by atoms with E-state index in [0.717, 1.165) is 34.0 Å². The maximum absolute atomic E-state index is 6.01. The first kappa shape index (κ1) is 10.7. The molecule has 0 amide bonds. The molecule has 1 heterocycles. The average Bonchev–Trinajstić information content (AvgIpc) is 2.63.